The third-order valence-corrected chi connectivity index (χ3v) is 7.23. The van der Waals surface area contributed by atoms with Gasteiger partial charge in [-0.05, 0) is 67.8 Å². The Morgan fingerprint density at radius 3 is 2.45 bits per heavy atom. The fraction of sp³-hybridized carbons (Fsp3) is 0.188. The monoisotopic (exact) mass is 501 g/mol. The summed E-state index contributed by atoms with van der Waals surface area (Å²) < 4.78 is 4.23. The molecule has 1 aliphatic rings. The quantitative estimate of drug-likeness (QED) is 0.289. The second-order valence-corrected chi connectivity index (χ2v) is 9.89. The molecule has 38 heavy (non-hydrogen) atoms. The van der Waals surface area contributed by atoms with Crippen molar-refractivity contribution in [2.45, 2.75) is 39.8 Å². The number of anilines is 1. The molecule has 1 atom stereocenters. The summed E-state index contributed by atoms with van der Waals surface area (Å²) in [6.07, 6.45) is 2.85. The Labute approximate surface area is 223 Å². The van der Waals surface area contributed by atoms with Crippen molar-refractivity contribution in [3.63, 3.8) is 0 Å². The Hall–Kier alpha value is -4.58. The number of rotatable bonds is 4. The molecule has 0 spiro atoms. The minimum Gasteiger partial charge on any atom is -0.308 e. The Morgan fingerprint density at radius 1 is 0.921 bits per heavy atom. The predicted octanol–water partition coefficient (Wildman–Crippen LogP) is 6.98. The Bertz CT molecular complexity index is 1600. The van der Waals surface area contributed by atoms with Crippen LogP contribution in [0.1, 0.15) is 46.6 Å². The second kappa shape index (κ2) is 9.71. The molecule has 1 N–H and O–H groups in total. The zero-order valence-electron chi connectivity index (χ0n) is 21.9. The number of hydrogen-bond donors (Lipinski definition) is 1. The van der Waals surface area contributed by atoms with Crippen molar-refractivity contribution in [3.8, 4) is 11.5 Å². The molecule has 0 bridgehead atoms. The summed E-state index contributed by atoms with van der Waals surface area (Å²) in [5.41, 5.74) is 8.20. The van der Waals surface area contributed by atoms with Crippen LogP contribution in [0.25, 0.3) is 11.5 Å². The van der Waals surface area contributed by atoms with E-state index in [2.05, 4.69) is 78.5 Å². The Balaban J connectivity index is 1.55. The molecule has 1 aliphatic heterocycles. The van der Waals surface area contributed by atoms with Crippen LogP contribution >= 0.6 is 0 Å². The molecular weight excluding hydrogens is 470 g/mol. The third-order valence-electron chi connectivity index (χ3n) is 7.23. The molecule has 0 radical (unpaired) electrons. The number of nitrogens with one attached hydrogen (secondary N) is 1. The summed E-state index contributed by atoms with van der Waals surface area (Å²) in [5.74, 6) is 0.982. The van der Waals surface area contributed by atoms with Gasteiger partial charge in [0.25, 0.3) is 0 Å². The molecule has 2 amide bonds. The van der Waals surface area contributed by atoms with Crippen molar-refractivity contribution in [1.82, 2.24) is 19.2 Å². The van der Waals surface area contributed by atoms with Gasteiger partial charge in [0.2, 0.25) is 0 Å². The second-order valence-electron chi connectivity index (χ2n) is 9.89. The number of carbonyl (C=O) groups is 1. The van der Waals surface area contributed by atoms with Crippen molar-refractivity contribution >= 4 is 11.7 Å². The van der Waals surface area contributed by atoms with Gasteiger partial charge in [-0.2, -0.15) is 5.10 Å². The molecule has 6 rings (SSSR count). The molecule has 3 heterocycles. The topological polar surface area (TPSA) is 55.1 Å². The SMILES string of the molecule is CCc1nn(-c2ccccc2)c2c1CN(C(=O)Nc1cccc(C)c1)[C@@H](c1ccc(C)cc1)c1cccn1-2. The first-order valence-corrected chi connectivity index (χ1v) is 13.1. The maximum absolute atomic E-state index is 14.1. The first-order valence-electron chi connectivity index (χ1n) is 13.1. The molecule has 0 saturated carbocycles. The summed E-state index contributed by atoms with van der Waals surface area (Å²) in [4.78, 5) is 16.0. The van der Waals surface area contributed by atoms with Gasteiger partial charge in [-0.3, -0.25) is 0 Å². The molecule has 5 aromatic rings. The summed E-state index contributed by atoms with van der Waals surface area (Å²) in [6.45, 7) is 6.66. The fourth-order valence-corrected chi connectivity index (χ4v) is 5.37. The third kappa shape index (κ3) is 4.18. The zero-order valence-corrected chi connectivity index (χ0v) is 21.9. The molecule has 190 valence electrons. The van der Waals surface area contributed by atoms with E-state index >= 15 is 0 Å². The number of carbonyl (C=O) groups excluding carboxylic acids is 1. The molecule has 6 heteroatoms. The van der Waals surface area contributed by atoms with Gasteiger partial charge in [0, 0.05) is 17.4 Å². The zero-order chi connectivity index (χ0) is 26.2. The van der Waals surface area contributed by atoms with Crippen LogP contribution < -0.4 is 5.32 Å². The van der Waals surface area contributed by atoms with Gasteiger partial charge < -0.3 is 14.8 Å². The average Bonchev–Trinajstić information content (AvgIpc) is 3.51. The van der Waals surface area contributed by atoms with E-state index in [0.717, 1.165) is 51.7 Å². The Morgan fingerprint density at radius 2 is 1.71 bits per heavy atom. The van der Waals surface area contributed by atoms with E-state index in [4.69, 9.17) is 5.10 Å². The van der Waals surface area contributed by atoms with E-state index in [1.54, 1.807) is 0 Å². The molecule has 0 saturated heterocycles. The van der Waals surface area contributed by atoms with Gasteiger partial charge in [0.05, 0.1) is 29.7 Å². The highest BCUT2D eigenvalue weighted by Gasteiger charge is 2.36. The molecule has 3 aromatic carbocycles. The van der Waals surface area contributed by atoms with Crippen LogP contribution in [-0.4, -0.2) is 25.3 Å². The van der Waals surface area contributed by atoms with E-state index in [9.17, 15) is 4.79 Å². The Kier molecular flexibility index (Phi) is 6.08. The first-order chi connectivity index (χ1) is 18.5. The van der Waals surface area contributed by atoms with Crippen LogP contribution in [0.5, 0.6) is 0 Å². The lowest BCUT2D eigenvalue weighted by Gasteiger charge is -2.31. The number of nitrogens with zero attached hydrogens (tertiary/aromatic N) is 4. The van der Waals surface area contributed by atoms with Crippen LogP contribution in [0.2, 0.25) is 0 Å². The number of urea groups is 1. The van der Waals surface area contributed by atoms with Crippen molar-refractivity contribution in [3.05, 3.63) is 131 Å². The molecule has 0 aliphatic carbocycles. The van der Waals surface area contributed by atoms with Gasteiger partial charge in [-0.15, -0.1) is 0 Å². The largest absolute Gasteiger partial charge is 0.322 e. The summed E-state index contributed by atoms with van der Waals surface area (Å²) >= 11 is 0. The number of aromatic nitrogens is 3. The highest BCUT2D eigenvalue weighted by atomic mass is 16.2. The number of aryl methyl sites for hydroxylation is 3. The van der Waals surface area contributed by atoms with Crippen molar-refractivity contribution in [2.24, 2.45) is 0 Å². The summed E-state index contributed by atoms with van der Waals surface area (Å²) in [6, 6.07) is 30.4. The van der Waals surface area contributed by atoms with Crippen LogP contribution in [-0.2, 0) is 13.0 Å². The minimum absolute atomic E-state index is 0.142. The molecule has 0 fully saturated rings. The minimum atomic E-state index is -0.281. The van der Waals surface area contributed by atoms with E-state index < -0.39 is 0 Å². The summed E-state index contributed by atoms with van der Waals surface area (Å²) in [5, 5.41) is 8.21. The molecular formula is C32H31N5O. The predicted molar refractivity (Wildman–Crippen MR) is 151 cm³/mol. The fourth-order valence-electron chi connectivity index (χ4n) is 5.37. The van der Waals surface area contributed by atoms with Gasteiger partial charge >= 0.3 is 6.03 Å². The van der Waals surface area contributed by atoms with Crippen molar-refractivity contribution < 1.29 is 4.79 Å². The van der Waals surface area contributed by atoms with E-state index in [1.165, 1.54) is 5.56 Å². The lowest BCUT2D eigenvalue weighted by atomic mass is 10.0. The van der Waals surface area contributed by atoms with Crippen LogP contribution in [0.15, 0.2) is 97.2 Å². The number of para-hydroxylation sites is 1. The van der Waals surface area contributed by atoms with Gasteiger partial charge in [0.15, 0.2) is 0 Å². The number of fused-ring (bicyclic) bond motifs is 3. The average molecular weight is 502 g/mol. The first kappa shape index (κ1) is 23.8. The molecule has 6 nitrogen and oxygen atoms in total. The van der Waals surface area contributed by atoms with Crippen LogP contribution in [0.3, 0.4) is 0 Å². The van der Waals surface area contributed by atoms with E-state index in [-0.39, 0.29) is 12.1 Å². The van der Waals surface area contributed by atoms with Crippen LogP contribution in [0.4, 0.5) is 10.5 Å². The number of amides is 2. The smallest absolute Gasteiger partial charge is 0.308 e. The van der Waals surface area contributed by atoms with Gasteiger partial charge in [-0.25, -0.2) is 9.48 Å². The highest BCUT2D eigenvalue weighted by Crippen LogP contribution is 2.39. The molecule has 0 unspecified atom stereocenters. The highest BCUT2D eigenvalue weighted by molar-refractivity contribution is 5.90. The number of benzene rings is 3. The van der Waals surface area contributed by atoms with E-state index in [0.29, 0.717) is 6.54 Å². The normalized spacial score (nSPS) is 14.5. The number of hydrogen-bond acceptors (Lipinski definition) is 2. The van der Waals surface area contributed by atoms with Crippen molar-refractivity contribution in [2.75, 3.05) is 5.32 Å². The summed E-state index contributed by atoms with van der Waals surface area (Å²) in [7, 11) is 0. The van der Waals surface area contributed by atoms with Gasteiger partial charge in [0.1, 0.15) is 5.82 Å². The lowest BCUT2D eigenvalue weighted by molar-refractivity contribution is 0.194. The van der Waals surface area contributed by atoms with Crippen LogP contribution in [0, 0.1) is 13.8 Å². The van der Waals surface area contributed by atoms with Crippen molar-refractivity contribution in [1.29, 1.82) is 0 Å². The maximum atomic E-state index is 14.1. The molecule has 2 aromatic heterocycles. The lowest BCUT2D eigenvalue weighted by Crippen LogP contribution is -2.38. The van der Waals surface area contributed by atoms with E-state index in [1.807, 2.05) is 59.0 Å². The maximum Gasteiger partial charge on any atom is 0.322 e. The standard InChI is InChI=1S/C32H31N5O/c1-4-28-27-21-36(32(38)33-25-11-8-10-23(3)20-25)30(24-17-15-22(2)16-18-24)29-14-9-19-35(29)31(27)37(34-28)26-12-6-5-7-13-26/h5-20,30H,4,21H2,1-3H3,(H,33,38)/t30-/m0/s1. The van der Waals surface area contributed by atoms with Gasteiger partial charge in [-0.1, -0.05) is 67.1 Å².